The van der Waals surface area contributed by atoms with Gasteiger partial charge in [0.2, 0.25) is 15.9 Å². The lowest BCUT2D eigenvalue weighted by molar-refractivity contribution is -0.123. The van der Waals surface area contributed by atoms with E-state index in [1.807, 2.05) is 6.07 Å². The number of sulfonamides is 1. The zero-order chi connectivity index (χ0) is 22.4. The molecule has 1 amide bonds. The molecule has 0 fully saturated rings. The molecule has 3 aromatic carbocycles. The van der Waals surface area contributed by atoms with Crippen molar-refractivity contribution >= 4 is 15.9 Å². The highest BCUT2D eigenvalue weighted by molar-refractivity contribution is 7.89. The minimum atomic E-state index is -4.07. The van der Waals surface area contributed by atoms with Crippen molar-refractivity contribution in [3.05, 3.63) is 102 Å². The molecule has 3 aromatic rings. The zero-order valence-electron chi connectivity index (χ0n) is 16.8. The number of nitrogens with one attached hydrogen (secondary N) is 2. The summed E-state index contributed by atoms with van der Waals surface area (Å²) in [7, 11) is -4.07. The lowest BCUT2D eigenvalue weighted by atomic mass is 10.0. The smallest absolute Gasteiger partial charge is 0.241 e. The largest absolute Gasteiger partial charge is 0.348 e. The van der Waals surface area contributed by atoms with Crippen molar-refractivity contribution in [1.29, 1.82) is 0 Å². The molecule has 0 aliphatic rings. The van der Waals surface area contributed by atoms with Gasteiger partial charge in [-0.05, 0) is 60.9 Å². The second kappa shape index (κ2) is 9.80. The molecule has 0 aliphatic carbocycles. The summed E-state index contributed by atoms with van der Waals surface area (Å²) in [5, 5.41) is 2.77. The van der Waals surface area contributed by atoms with Crippen molar-refractivity contribution in [3.8, 4) is 0 Å². The van der Waals surface area contributed by atoms with E-state index in [-0.39, 0.29) is 11.3 Å². The number of carbonyl (C=O) groups is 1. The van der Waals surface area contributed by atoms with Gasteiger partial charge in [-0.3, -0.25) is 4.79 Å². The van der Waals surface area contributed by atoms with Crippen LogP contribution in [0.3, 0.4) is 0 Å². The van der Waals surface area contributed by atoms with E-state index in [0.29, 0.717) is 5.56 Å². The van der Waals surface area contributed by atoms with E-state index in [0.717, 1.165) is 29.8 Å². The van der Waals surface area contributed by atoms with Crippen LogP contribution in [0.15, 0.2) is 83.8 Å². The third-order valence-corrected chi connectivity index (χ3v) is 6.24. The lowest BCUT2D eigenvalue weighted by Crippen LogP contribution is -2.48. The quantitative estimate of drug-likeness (QED) is 0.556. The summed E-state index contributed by atoms with van der Waals surface area (Å²) >= 11 is 0. The third kappa shape index (κ3) is 6.19. The average Bonchev–Trinajstić information content (AvgIpc) is 2.74. The molecule has 2 atom stereocenters. The van der Waals surface area contributed by atoms with Gasteiger partial charge in [0.25, 0.3) is 0 Å². The van der Waals surface area contributed by atoms with Gasteiger partial charge in [-0.25, -0.2) is 17.2 Å². The first-order valence-corrected chi connectivity index (χ1v) is 11.1. The van der Waals surface area contributed by atoms with E-state index in [9.17, 15) is 22.0 Å². The van der Waals surface area contributed by atoms with Crippen LogP contribution in [0.4, 0.5) is 8.78 Å². The minimum Gasteiger partial charge on any atom is -0.348 e. The van der Waals surface area contributed by atoms with Crippen LogP contribution in [0.1, 0.15) is 24.1 Å². The maximum Gasteiger partial charge on any atom is 0.241 e. The molecule has 2 N–H and O–H groups in total. The van der Waals surface area contributed by atoms with Gasteiger partial charge in [-0.1, -0.05) is 42.5 Å². The third-order valence-electron chi connectivity index (χ3n) is 4.75. The minimum absolute atomic E-state index is 0.114. The SMILES string of the molecule is C[C@@H](NC(=O)[C@H](Cc1ccccc1)NS(=O)(=O)c1ccc(F)cc1)c1ccc(F)cc1. The molecular formula is C23H22F2N2O3S. The molecule has 0 saturated carbocycles. The highest BCUT2D eigenvalue weighted by Gasteiger charge is 2.27. The van der Waals surface area contributed by atoms with E-state index in [1.165, 1.54) is 12.1 Å². The number of hydrogen-bond donors (Lipinski definition) is 2. The summed E-state index contributed by atoms with van der Waals surface area (Å²) in [4.78, 5) is 12.8. The van der Waals surface area contributed by atoms with Crippen LogP contribution in [0, 0.1) is 11.6 Å². The van der Waals surface area contributed by atoms with Crippen LogP contribution >= 0.6 is 0 Å². The number of benzene rings is 3. The average molecular weight is 445 g/mol. The Labute approximate surface area is 180 Å². The predicted molar refractivity (Wildman–Crippen MR) is 114 cm³/mol. The van der Waals surface area contributed by atoms with Gasteiger partial charge in [0.15, 0.2) is 0 Å². The summed E-state index contributed by atoms with van der Waals surface area (Å²) in [6.45, 7) is 1.72. The number of halogens is 2. The predicted octanol–water partition coefficient (Wildman–Crippen LogP) is 3.73. The maximum absolute atomic E-state index is 13.2. The first kappa shape index (κ1) is 22.6. The standard InChI is InChI=1S/C23H22F2N2O3S/c1-16(18-7-9-19(24)10-8-18)26-23(28)22(15-17-5-3-2-4-6-17)27-31(29,30)21-13-11-20(25)12-14-21/h2-14,16,22,27H,15H2,1H3,(H,26,28)/t16-,22+/m1/s1. The number of hydrogen-bond acceptors (Lipinski definition) is 3. The summed E-state index contributed by atoms with van der Waals surface area (Å²) < 4.78 is 54.3. The normalized spacial score (nSPS) is 13.4. The van der Waals surface area contributed by atoms with Crippen LogP contribution < -0.4 is 10.0 Å². The van der Waals surface area contributed by atoms with Gasteiger partial charge in [-0.2, -0.15) is 4.72 Å². The summed E-state index contributed by atoms with van der Waals surface area (Å²) in [5.74, 6) is -1.49. The van der Waals surface area contributed by atoms with Gasteiger partial charge in [0.05, 0.1) is 10.9 Å². The fraction of sp³-hybridized carbons (Fsp3) is 0.174. The maximum atomic E-state index is 13.2. The van der Waals surface area contributed by atoms with Crippen molar-refractivity contribution in [2.75, 3.05) is 0 Å². The van der Waals surface area contributed by atoms with Crippen molar-refractivity contribution in [2.24, 2.45) is 0 Å². The van der Waals surface area contributed by atoms with Gasteiger partial charge in [0, 0.05) is 0 Å². The van der Waals surface area contributed by atoms with Crippen LogP contribution in [0.5, 0.6) is 0 Å². The second-order valence-electron chi connectivity index (χ2n) is 7.10. The van der Waals surface area contributed by atoms with Crippen molar-refractivity contribution in [1.82, 2.24) is 10.0 Å². The lowest BCUT2D eigenvalue weighted by Gasteiger charge is -2.22. The Hall–Kier alpha value is -3.10. The highest BCUT2D eigenvalue weighted by Crippen LogP contribution is 2.15. The topological polar surface area (TPSA) is 75.3 Å². The Morgan fingerprint density at radius 2 is 1.42 bits per heavy atom. The highest BCUT2D eigenvalue weighted by atomic mass is 32.2. The zero-order valence-corrected chi connectivity index (χ0v) is 17.6. The van der Waals surface area contributed by atoms with E-state index in [2.05, 4.69) is 10.0 Å². The monoisotopic (exact) mass is 444 g/mol. The molecule has 0 aromatic heterocycles. The number of rotatable bonds is 8. The summed E-state index contributed by atoms with van der Waals surface area (Å²) in [6, 6.07) is 17.4. The van der Waals surface area contributed by atoms with Crippen molar-refractivity contribution in [3.63, 3.8) is 0 Å². The van der Waals surface area contributed by atoms with Gasteiger partial charge >= 0.3 is 0 Å². The first-order chi connectivity index (χ1) is 14.7. The molecule has 0 aliphatic heterocycles. The fourth-order valence-electron chi connectivity index (χ4n) is 3.06. The van der Waals surface area contributed by atoms with E-state index in [1.54, 1.807) is 43.3 Å². The van der Waals surface area contributed by atoms with Crippen LogP contribution in [0.25, 0.3) is 0 Å². The molecule has 0 unspecified atom stereocenters. The molecule has 5 nitrogen and oxygen atoms in total. The molecule has 0 spiro atoms. The molecule has 162 valence electrons. The fourth-order valence-corrected chi connectivity index (χ4v) is 4.25. The van der Waals surface area contributed by atoms with E-state index >= 15 is 0 Å². The van der Waals surface area contributed by atoms with Gasteiger partial charge < -0.3 is 5.32 Å². The van der Waals surface area contributed by atoms with Gasteiger partial charge in [-0.15, -0.1) is 0 Å². The molecule has 31 heavy (non-hydrogen) atoms. The van der Waals surface area contributed by atoms with E-state index in [4.69, 9.17) is 0 Å². The first-order valence-electron chi connectivity index (χ1n) is 9.62. The molecule has 0 heterocycles. The molecule has 0 saturated heterocycles. The van der Waals surface area contributed by atoms with Gasteiger partial charge in [0.1, 0.15) is 17.7 Å². The molecule has 3 rings (SSSR count). The van der Waals surface area contributed by atoms with E-state index < -0.39 is 39.6 Å². The number of carbonyl (C=O) groups excluding carboxylic acids is 1. The van der Waals surface area contributed by atoms with Crippen LogP contribution in [-0.4, -0.2) is 20.4 Å². The summed E-state index contributed by atoms with van der Waals surface area (Å²) in [5.41, 5.74) is 1.44. The Morgan fingerprint density at radius 1 is 0.871 bits per heavy atom. The molecule has 8 heteroatoms. The molecular weight excluding hydrogens is 422 g/mol. The van der Waals surface area contributed by atoms with Crippen LogP contribution in [-0.2, 0) is 21.2 Å². The molecule has 0 bridgehead atoms. The Balaban J connectivity index is 1.82. The summed E-state index contributed by atoms with van der Waals surface area (Å²) in [6.07, 6.45) is 0.114. The molecule has 0 radical (unpaired) electrons. The van der Waals surface area contributed by atoms with Crippen LogP contribution in [0.2, 0.25) is 0 Å². The Bertz CT molecular complexity index is 1120. The van der Waals surface area contributed by atoms with Crippen molar-refractivity contribution in [2.45, 2.75) is 30.3 Å². The Kier molecular flexibility index (Phi) is 7.14. The second-order valence-corrected chi connectivity index (χ2v) is 8.81. The Morgan fingerprint density at radius 3 is 2.00 bits per heavy atom. The van der Waals surface area contributed by atoms with Crippen molar-refractivity contribution < 1.29 is 22.0 Å². The number of amides is 1.